The van der Waals surface area contributed by atoms with E-state index < -0.39 is 23.0 Å². The SMILES string of the molecule is CNc1nc(=O)n(-c2ccnc3c2C=C([C@H](C)N2CC=C(c4c(C)cc(C(=O)CC5CCC(CN6CCN(Cc7ccc8c(c7)C7(CC7)C(=O)N8C7CCC(=O)NC7=O)C[C@@H]6C)CC5)cc4F)CC2)C(C)C3)cc1F. The van der Waals surface area contributed by atoms with Crippen LogP contribution < -0.4 is 21.2 Å². The van der Waals surface area contributed by atoms with E-state index in [0.717, 1.165) is 111 Å². The molecule has 2 saturated carbocycles. The highest BCUT2D eigenvalue weighted by Gasteiger charge is 2.61. The van der Waals surface area contributed by atoms with Crippen LogP contribution in [0.2, 0.25) is 0 Å². The maximum atomic E-state index is 16.2. The summed E-state index contributed by atoms with van der Waals surface area (Å²) in [6.07, 6.45) is 15.1. The number of amides is 3. The second-order valence-electron chi connectivity index (χ2n) is 22.7. The number of anilines is 2. The van der Waals surface area contributed by atoms with Gasteiger partial charge in [-0.2, -0.15) is 4.98 Å². The number of carbonyl (C=O) groups excluding carboxylic acids is 4. The molecule has 2 N–H and O–H groups in total. The van der Waals surface area contributed by atoms with Gasteiger partial charge in [-0.25, -0.2) is 13.6 Å². The monoisotopic (exact) mass is 1020 g/mol. The summed E-state index contributed by atoms with van der Waals surface area (Å²) in [6, 6.07) is 11.1. The van der Waals surface area contributed by atoms with E-state index in [1.54, 1.807) is 17.2 Å². The quantitative estimate of drug-likeness (QED) is 0.0998. The van der Waals surface area contributed by atoms with Crippen molar-refractivity contribution in [2.45, 2.75) is 128 Å². The first-order valence-electron chi connectivity index (χ1n) is 27.3. The lowest BCUT2D eigenvalue weighted by Gasteiger charge is -2.42. The molecule has 2 saturated heterocycles. The molecule has 1 spiro atoms. The minimum absolute atomic E-state index is 0.00227. The summed E-state index contributed by atoms with van der Waals surface area (Å²) in [4.78, 5) is 82.8. The van der Waals surface area contributed by atoms with Crippen molar-refractivity contribution in [2.75, 3.05) is 56.5 Å². The Kier molecular flexibility index (Phi) is 13.8. The number of ketones is 1. The number of aryl methyl sites for hydroxylation is 1. The minimum Gasteiger partial charge on any atom is -0.370 e. The van der Waals surface area contributed by atoms with Crippen molar-refractivity contribution >= 4 is 46.7 Å². The zero-order chi connectivity index (χ0) is 52.4. The smallest absolute Gasteiger partial charge is 0.354 e. The molecule has 2 unspecified atom stereocenters. The normalized spacial score (nSPS) is 25.3. The fraction of sp³-hybridized carbons (Fsp3) is 0.508. The average Bonchev–Trinajstić information content (AvgIpc) is 4.21. The highest BCUT2D eigenvalue weighted by Crippen LogP contribution is 2.58. The number of halogens is 2. The Morgan fingerprint density at radius 2 is 1.72 bits per heavy atom. The molecular weight excluding hydrogens is 953 g/mol. The number of hydrogen-bond donors (Lipinski definition) is 2. The van der Waals surface area contributed by atoms with Crippen LogP contribution in [0.15, 0.2) is 65.2 Å². The second kappa shape index (κ2) is 20.4. The number of nitrogens with zero attached hydrogens (tertiary/aromatic N) is 7. The van der Waals surface area contributed by atoms with Crippen molar-refractivity contribution in [1.82, 2.24) is 34.6 Å². The van der Waals surface area contributed by atoms with Gasteiger partial charge >= 0.3 is 5.69 Å². The molecule has 75 heavy (non-hydrogen) atoms. The second-order valence-corrected chi connectivity index (χ2v) is 22.7. The maximum Gasteiger partial charge on any atom is 0.354 e. The maximum absolute atomic E-state index is 16.2. The van der Waals surface area contributed by atoms with Crippen molar-refractivity contribution in [3.63, 3.8) is 0 Å². The molecule has 0 bridgehead atoms. The van der Waals surface area contributed by atoms with Crippen molar-refractivity contribution in [3.8, 4) is 5.69 Å². The minimum atomic E-state index is -0.645. The number of rotatable bonds is 13. The summed E-state index contributed by atoms with van der Waals surface area (Å²) < 4.78 is 32.2. The van der Waals surface area contributed by atoms with Crippen molar-refractivity contribution in [1.29, 1.82) is 0 Å². The Hall–Kier alpha value is -6.23. The molecule has 16 heteroatoms. The summed E-state index contributed by atoms with van der Waals surface area (Å²) in [7, 11) is 1.52. The topological polar surface area (TPSA) is 153 Å². The van der Waals surface area contributed by atoms with E-state index in [4.69, 9.17) is 0 Å². The van der Waals surface area contributed by atoms with Crippen LogP contribution in [0.3, 0.4) is 0 Å². The molecule has 4 aromatic rings. The molecule has 6 heterocycles. The Bertz CT molecular complexity index is 3080. The third-order valence-electron chi connectivity index (χ3n) is 17.9. The number of aromatic nitrogens is 3. The number of hydrogen-bond acceptors (Lipinski definition) is 11. The highest BCUT2D eigenvalue weighted by molar-refractivity contribution is 6.15. The molecule has 0 radical (unpaired) electrons. The van der Waals surface area contributed by atoms with E-state index in [1.807, 2.05) is 19.1 Å². The molecule has 4 atom stereocenters. The van der Waals surface area contributed by atoms with Gasteiger partial charge in [0.05, 0.1) is 23.0 Å². The van der Waals surface area contributed by atoms with Gasteiger partial charge in [0.15, 0.2) is 17.4 Å². The summed E-state index contributed by atoms with van der Waals surface area (Å²) in [5.74, 6) is -0.673. The molecule has 2 aromatic carbocycles. The molecule has 4 fully saturated rings. The average molecular weight is 1020 g/mol. The van der Waals surface area contributed by atoms with Crippen molar-refractivity contribution in [2.24, 2.45) is 17.8 Å². The Morgan fingerprint density at radius 1 is 0.933 bits per heavy atom. The third kappa shape index (κ3) is 9.71. The van der Waals surface area contributed by atoms with E-state index in [0.29, 0.717) is 66.9 Å². The molecule has 3 aliphatic carbocycles. The number of carbonyl (C=O) groups is 4. The number of piperazine rings is 1. The van der Waals surface area contributed by atoms with Gasteiger partial charge in [0.1, 0.15) is 11.9 Å². The third-order valence-corrected chi connectivity index (χ3v) is 17.9. The van der Waals surface area contributed by atoms with Crippen LogP contribution in [-0.4, -0.2) is 117 Å². The number of Topliss-reactive ketones (excluding diaryl/α,β-unsaturated/α-hetero) is 1. The Labute approximate surface area is 437 Å². The molecule has 14 nitrogen and oxygen atoms in total. The van der Waals surface area contributed by atoms with Gasteiger partial charge in [0.25, 0.3) is 0 Å². The zero-order valence-electron chi connectivity index (χ0n) is 43.9. The fourth-order valence-corrected chi connectivity index (χ4v) is 13.5. The molecule has 4 aliphatic heterocycles. The molecular formula is C59H69F2N9O5. The van der Waals surface area contributed by atoms with Gasteiger partial charge in [-0.15, -0.1) is 0 Å². The van der Waals surface area contributed by atoms with E-state index in [2.05, 4.69) is 80.4 Å². The number of imide groups is 1. The first-order valence-corrected chi connectivity index (χ1v) is 27.3. The van der Waals surface area contributed by atoms with Gasteiger partial charge in [0, 0.05) is 106 Å². The van der Waals surface area contributed by atoms with Crippen molar-refractivity contribution in [3.05, 3.63) is 122 Å². The molecule has 11 rings (SSSR count). The summed E-state index contributed by atoms with van der Waals surface area (Å²) >= 11 is 0. The van der Waals surface area contributed by atoms with Gasteiger partial charge in [0.2, 0.25) is 17.7 Å². The van der Waals surface area contributed by atoms with Gasteiger partial charge in [-0.3, -0.25) is 53.6 Å². The number of fused-ring (bicyclic) bond motifs is 3. The number of benzene rings is 2. The Morgan fingerprint density at radius 3 is 2.43 bits per heavy atom. The highest BCUT2D eigenvalue weighted by atomic mass is 19.1. The largest absolute Gasteiger partial charge is 0.370 e. The van der Waals surface area contributed by atoms with Crippen LogP contribution in [0, 0.1) is 36.3 Å². The molecule has 2 aromatic heterocycles. The predicted molar refractivity (Wildman–Crippen MR) is 284 cm³/mol. The predicted octanol–water partition coefficient (Wildman–Crippen LogP) is 7.78. The summed E-state index contributed by atoms with van der Waals surface area (Å²) in [6.45, 7) is 14.7. The van der Waals surface area contributed by atoms with Crippen LogP contribution >= 0.6 is 0 Å². The lowest BCUT2D eigenvalue weighted by Crippen LogP contribution is -2.54. The molecule has 394 valence electrons. The van der Waals surface area contributed by atoms with E-state index in [1.165, 1.54) is 35.0 Å². The number of pyridine rings is 1. The van der Waals surface area contributed by atoms with Crippen LogP contribution in [0.5, 0.6) is 0 Å². The molecule has 3 amide bonds. The standard InChI is InChI=1S/C59H69F2N9O5/c1-34-25-48-44(49(14-19-63-48)69-33-47(61)55(62-5)65-58(69)75)29-43(34)37(4)67-20-15-41(16-21-67)54-35(2)24-42(28-46(54)60)52(71)27-38-6-8-39(9-7-38)32-68-23-22-66(30-36(68)3)31-40-10-11-50-45(26-40)59(17-18-59)57(74)70(50)51-12-13-53(72)64-56(51)73/h10-11,14-15,19,24,26,28-29,33-34,36-39,51H,6-9,12-13,16-18,20-23,25,27,30-32H2,1-5H3,(H,62,65,75)(H,64,72,73)/t34?,36-,37-,38?,39?,51?/m0/s1. The van der Waals surface area contributed by atoms with Crippen LogP contribution in [0.1, 0.15) is 129 Å². The lowest BCUT2D eigenvalue weighted by molar-refractivity contribution is -0.135. The van der Waals surface area contributed by atoms with E-state index in [-0.39, 0.29) is 53.5 Å². The first kappa shape index (κ1) is 50.9. The summed E-state index contributed by atoms with van der Waals surface area (Å²) in [5, 5.41) is 5.05. The van der Waals surface area contributed by atoms with Crippen LogP contribution in [0.25, 0.3) is 17.3 Å². The van der Waals surface area contributed by atoms with E-state index >= 15 is 4.39 Å². The number of nitrogens with one attached hydrogen (secondary N) is 2. The van der Waals surface area contributed by atoms with Crippen molar-refractivity contribution < 1.29 is 28.0 Å². The summed E-state index contributed by atoms with van der Waals surface area (Å²) in [5.41, 5.74) is 8.04. The fourth-order valence-electron chi connectivity index (χ4n) is 13.5. The van der Waals surface area contributed by atoms with Crippen LogP contribution in [0.4, 0.5) is 20.3 Å². The number of piperidine rings is 1. The van der Waals surface area contributed by atoms with Gasteiger partial charge < -0.3 is 5.32 Å². The van der Waals surface area contributed by atoms with Crippen LogP contribution in [-0.2, 0) is 32.8 Å². The zero-order valence-corrected chi connectivity index (χ0v) is 43.9. The Balaban J connectivity index is 0.657. The molecule has 7 aliphatic rings. The first-order chi connectivity index (χ1) is 36.1. The van der Waals surface area contributed by atoms with Gasteiger partial charge in [-0.05, 0) is 154 Å². The lowest BCUT2D eigenvalue weighted by atomic mass is 9.78. The van der Waals surface area contributed by atoms with Gasteiger partial charge in [-0.1, -0.05) is 25.1 Å². The van der Waals surface area contributed by atoms with E-state index in [9.17, 15) is 28.4 Å².